The molecule has 0 saturated heterocycles. The fourth-order valence-corrected chi connectivity index (χ4v) is 1.12. The van der Waals surface area contributed by atoms with Crippen molar-refractivity contribution in [2.24, 2.45) is 0 Å². The number of amides is 1. The molecule has 0 aliphatic heterocycles. The lowest BCUT2D eigenvalue weighted by Crippen LogP contribution is -2.19. The summed E-state index contributed by atoms with van der Waals surface area (Å²) in [4.78, 5) is 11.3. The van der Waals surface area contributed by atoms with E-state index in [-0.39, 0.29) is 5.91 Å². The van der Waals surface area contributed by atoms with Crippen LogP contribution in [0.2, 0.25) is 0 Å². The summed E-state index contributed by atoms with van der Waals surface area (Å²) in [5.74, 6) is 0.0957. The van der Waals surface area contributed by atoms with Crippen molar-refractivity contribution in [3.63, 3.8) is 0 Å². The van der Waals surface area contributed by atoms with Gasteiger partial charge in [-0.2, -0.15) is 5.10 Å². The van der Waals surface area contributed by atoms with Crippen LogP contribution in [0, 0.1) is 0 Å². The number of carbonyl (C=O) groups is 1. The molecule has 0 aromatic carbocycles. The molecule has 16 heavy (non-hydrogen) atoms. The minimum Gasteiger partial charge on any atom is -0.319 e. The monoisotopic (exact) mass is 232 g/mol. The second-order valence-corrected chi connectivity index (χ2v) is 3.22. The Kier molecular flexibility index (Phi) is 4.84. The number of alkyl halides is 2. The molecule has 1 aromatic rings. The van der Waals surface area contributed by atoms with E-state index in [0.717, 1.165) is 4.68 Å². The van der Waals surface area contributed by atoms with Crippen LogP contribution in [0.3, 0.4) is 0 Å². The summed E-state index contributed by atoms with van der Waals surface area (Å²) >= 11 is 0. The maximum Gasteiger partial charge on any atom is 0.257 e. The van der Waals surface area contributed by atoms with Gasteiger partial charge in [0, 0.05) is 25.2 Å². The van der Waals surface area contributed by atoms with Crippen molar-refractivity contribution in [1.82, 2.24) is 15.1 Å². The molecule has 7 heteroatoms. The standard InChI is InChI=1S/C9H14F2N4O/c1-12-4-2-9(16)13-8-3-5-15(14-8)6-7(10)11/h3,5,7,12H,2,4,6H2,1H3,(H,13,14,16). The highest BCUT2D eigenvalue weighted by molar-refractivity contribution is 5.89. The molecule has 0 spiro atoms. The van der Waals surface area contributed by atoms with Crippen LogP contribution in [0.15, 0.2) is 12.3 Å². The van der Waals surface area contributed by atoms with E-state index >= 15 is 0 Å². The number of anilines is 1. The molecular formula is C9H14F2N4O. The van der Waals surface area contributed by atoms with Crippen LogP contribution in [0.25, 0.3) is 0 Å². The Morgan fingerprint density at radius 1 is 1.62 bits per heavy atom. The lowest BCUT2D eigenvalue weighted by Gasteiger charge is -2.01. The SMILES string of the molecule is CNCCC(=O)Nc1ccn(CC(F)F)n1. The summed E-state index contributed by atoms with van der Waals surface area (Å²) in [5, 5.41) is 9.13. The third kappa shape index (κ3) is 4.35. The van der Waals surface area contributed by atoms with Crippen LogP contribution in [-0.4, -0.2) is 35.7 Å². The Labute approximate surface area is 91.8 Å². The second-order valence-electron chi connectivity index (χ2n) is 3.22. The van der Waals surface area contributed by atoms with Gasteiger partial charge >= 0.3 is 0 Å². The summed E-state index contributed by atoms with van der Waals surface area (Å²) in [6.07, 6.45) is -0.731. The normalized spacial score (nSPS) is 10.8. The van der Waals surface area contributed by atoms with Gasteiger partial charge in [-0.1, -0.05) is 0 Å². The zero-order valence-electron chi connectivity index (χ0n) is 8.91. The van der Waals surface area contributed by atoms with Crippen molar-refractivity contribution in [1.29, 1.82) is 0 Å². The van der Waals surface area contributed by atoms with Gasteiger partial charge in [0.05, 0.1) is 0 Å². The number of hydrogen-bond acceptors (Lipinski definition) is 3. The Morgan fingerprint density at radius 3 is 3.00 bits per heavy atom. The molecular weight excluding hydrogens is 218 g/mol. The molecule has 0 radical (unpaired) electrons. The lowest BCUT2D eigenvalue weighted by atomic mass is 10.4. The largest absolute Gasteiger partial charge is 0.319 e. The van der Waals surface area contributed by atoms with Gasteiger partial charge in [-0.3, -0.25) is 9.48 Å². The van der Waals surface area contributed by atoms with Crippen molar-refractivity contribution >= 4 is 11.7 Å². The van der Waals surface area contributed by atoms with Gasteiger partial charge in [0.25, 0.3) is 6.43 Å². The van der Waals surface area contributed by atoms with Crippen molar-refractivity contribution in [2.75, 3.05) is 18.9 Å². The van der Waals surface area contributed by atoms with Crippen molar-refractivity contribution in [3.8, 4) is 0 Å². The van der Waals surface area contributed by atoms with Gasteiger partial charge in [-0.25, -0.2) is 8.78 Å². The highest BCUT2D eigenvalue weighted by Gasteiger charge is 2.07. The third-order valence-corrected chi connectivity index (χ3v) is 1.84. The van der Waals surface area contributed by atoms with E-state index in [9.17, 15) is 13.6 Å². The Hall–Kier alpha value is -1.50. The first-order chi connectivity index (χ1) is 7.61. The highest BCUT2D eigenvalue weighted by Crippen LogP contribution is 2.05. The summed E-state index contributed by atoms with van der Waals surface area (Å²) < 4.78 is 25.1. The maximum absolute atomic E-state index is 12.0. The molecule has 0 aliphatic rings. The van der Waals surface area contributed by atoms with Gasteiger partial charge in [0.15, 0.2) is 5.82 Å². The first-order valence-corrected chi connectivity index (χ1v) is 4.88. The Morgan fingerprint density at radius 2 is 2.38 bits per heavy atom. The zero-order chi connectivity index (χ0) is 12.0. The summed E-state index contributed by atoms with van der Waals surface area (Å²) in [6, 6.07) is 1.49. The van der Waals surface area contributed by atoms with Gasteiger partial charge < -0.3 is 10.6 Å². The summed E-state index contributed by atoms with van der Waals surface area (Å²) in [5.41, 5.74) is 0. The first kappa shape index (κ1) is 12.6. The number of rotatable bonds is 6. The van der Waals surface area contributed by atoms with Crippen molar-refractivity contribution in [2.45, 2.75) is 19.4 Å². The molecule has 1 aromatic heterocycles. The molecule has 1 rings (SSSR count). The van der Waals surface area contributed by atoms with E-state index in [0.29, 0.717) is 18.8 Å². The van der Waals surface area contributed by atoms with Gasteiger partial charge in [-0.15, -0.1) is 0 Å². The Bertz CT molecular complexity index is 340. The highest BCUT2D eigenvalue weighted by atomic mass is 19.3. The van der Waals surface area contributed by atoms with Gasteiger partial charge in [0.2, 0.25) is 5.91 Å². The third-order valence-electron chi connectivity index (χ3n) is 1.84. The van der Waals surface area contributed by atoms with E-state index in [1.807, 2.05) is 0 Å². The fourth-order valence-electron chi connectivity index (χ4n) is 1.12. The fraction of sp³-hybridized carbons (Fsp3) is 0.556. The van der Waals surface area contributed by atoms with Crippen LogP contribution < -0.4 is 10.6 Å². The van der Waals surface area contributed by atoms with Crippen LogP contribution in [-0.2, 0) is 11.3 Å². The molecule has 1 heterocycles. The maximum atomic E-state index is 12.0. The molecule has 0 fully saturated rings. The molecule has 5 nitrogen and oxygen atoms in total. The predicted octanol–water partition coefficient (Wildman–Crippen LogP) is 0.696. The molecule has 2 N–H and O–H groups in total. The summed E-state index contributed by atoms with van der Waals surface area (Å²) in [7, 11) is 1.74. The lowest BCUT2D eigenvalue weighted by molar-refractivity contribution is -0.116. The molecule has 90 valence electrons. The number of aromatic nitrogens is 2. The van der Waals surface area contributed by atoms with Crippen molar-refractivity contribution in [3.05, 3.63) is 12.3 Å². The van der Waals surface area contributed by atoms with Crippen molar-refractivity contribution < 1.29 is 13.6 Å². The van der Waals surface area contributed by atoms with Crippen LogP contribution in [0.4, 0.5) is 14.6 Å². The van der Waals surface area contributed by atoms with Crippen LogP contribution >= 0.6 is 0 Å². The van der Waals surface area contributed by atoms with E-state index in [4.69, 9.17) is 0 Å². The number of nitrogens with zero attached hydrogens (tertiary/aromatic N) is 2. The molecule has 0 atom stereocenters. The zero-order valence-corrected chi connectivity index (χ0v) is 8.91. The average Bonchev–Trinajstić information content (AvgIpc) is 2.61. The first-order valence-electron chi connectivity index (χ1n) is 4.88. The average molecular weight is 232 g/mol. The molecule has 0 unspecified atom stereocenters. The smallest absolute Gasteiger partial charge is 0.257 e. The molecule has 0 bridgehead atoms. The van der Waals surface area contributed by atoms with Gasteiger partial charge in [-0.05, 0) is 7.05 Å². The minimum atomic E-state index is -2.45. The van der Waals surface area contributed by atoms with E-state index in [1.165, 1.54) is 12.3 Å². The van der Waals surface area contributed by atoms with E-state index < -0.39 is 13.0 Å². The second kappa shape index (κ2) is 6.16. The molecule has 0 saturated carbocycles. The van der Waals surface area contributed by atoms with Crippen LogP contribution in [0.5, 0.6) is 0 Å². The summed E-state index contributed by atoms with van der Waals surface area (Å²) in [6.45, 7) is 0.0932. The predicted molar refractivity (Wildman–Crippen MR) is 55.4 cm³/mol. The number of carbonyl (C=O) groups excluding carboxylic acids is 1. The number of halogens is 2. The quantitative estimate of drug-likeness (QED) is 0.759. The number of nitrogens with one attached hydrogen (secondary N) is 2. The van der Waals surface area contributed by atoms with E-state index in [1.54, 1.807) is 7.05 Å². The molecule has 1 amide bonds. The van der Waals surface area contributed by atoms with E-state index in [2.05, 4.69) is 15.7 Å². The topological polar surface area (TPSA) is 59.0 Å². The molecule has 0 aliphatic carbocycles. The number of hydrogen-bond donors (Lipinski definition) is 2. The van der Waals surface area contributed by atoms with Crippen LogP contribution in [0.1, 0.15) is 6.42 Å². The Balaban J connectivity index is 2.42. The minimum absolute atomic E-state index is 0.198. The van der Waals surface area contributed by atoms with Gasteiger partial charge in [0.1, 0.15) is 6.54 Å².